The van der Waals surface area contributed by atoms with Gasteiger partial charge in [-0.05, 0) is 19.5 Å². The highest BCUT2D eigenvalue weighted by molar-refractivity contribution is 5.35. The first-order valence-electron chi connectivity index (χ1n) is 4.34. The molecule has 1 aromatic rings. The van der Waals surface area contributed by atoms with E-state index in [1.54, 1.807) is 6.07 Å². The Balaban J connectivity index is 2.99. The summed E-state index contributed by atoms with van der Waals surface area (Å²) in [6.45, 7) is 2.00. The van der Waals surface area contributed by atoms with Gasteiger partial charge in [-0.3, -0.25) is 0 Å². The second-order valence-corrected chi connectivity index (χ2v) is 2.95. The average molecular weight is 183 g/mol. The summed E-state index contributed by atoms with van der Waals surface area (Å²) in [5.74, 6) is -0.395. The summed E-state index contributed by atoms with van der Waals surface area (Å²) in [5.41, 5.74) is 0.742. The minimum Gasteiger partial charge on any atom is -0.508 e. The number of benzene rings is 1. The van der Waals surface area contributed by atoms with Gasteiger partial charge < -0.3 is 10.4 Å². The summed E-state index contributed by atoms with van der Waals surface area (Å²) in [7, 11) is 1.82. The second-order valence-electron chi connectivity index (χ2n) is 2.95. The van der Waals surface area contributed by atoms with Crippen LogP contribution in [0.25, 0.3) is 0 Å². The van der Waals surface area contributed by atoms with E-state index in [2.05, 4.69) is 5.32 Å². The van der Waals surface area contributed by atoms with Crippen molar-refractivity contribution in [3.63, 3.8) is 0 Å². The third kappa shape index (κ3) is 2.18. The van der Waals surface area contributed by atoms with E-state index in [1.165, 1.54) is 6.07 Å². The minimum absolute atomic E-state index is 0.0150. The molecule has 0 saturated carbocycles. The summed E-state index contributed by atoms with van der Waals surface area (Å²) >= 11 is 0. The molecule has 0 spiro atoms. The zero-order valence-electron chi connectivity index (χ0n) is 7.84. The first kappa shape index (κ1) is 9.99. The lowest BCUT2D eigenvalue weighted by Crippen LogP contribution is -2.15. The van der Waals surface area contributed by atoms with Crippen molar-refractivity contribution in [3.8, 4) is 5.75 Å². The van der Waals surface area contributed by atoms with Crippen LogP contribution in [0, 0.1) is 5.82 Å². The molecule has 0 aliphatic rings. The number of rotatable bonds is 3. The average Bonchev–Trinajstić information content (AvgIpc) is 2.10. The van der Waals surface area contributed by atoms with Gasteiger partial charge >= 0.3 is 0 Å². The number of nitrogens with one attached hydrogen (secondary N) is 1. The van der Waals surface area contributed by atoms with E-state index in [1.807, 2.05) is 14.0 Å². The van der Waals surface area contributed by atoms with Crippen molar-refractivity contribution in [2.24, 2.45) is 0 Å². The molecule has 0 bridgehead atoms. The predicted molar refractivity (Wildman–Crippen MR) is 50.2 cm³/mol. The van der Waals surface area contributed by atoms with Gasteiger partial charge in [0.25, 0.3) is 0 Å². The normalized spacial score (nSPS) is 12.8. The number of aromatic hydroxyl groups is 1. The molecule has 13 heavy (non-hydrogen) atoms. The maximum Gasteiger partial charge on any atom is 0.126 e. The number of hydrogen-bond acceptors (Lipinski definition) is 2. The van der Waals surface area contributed by atoms with Gasteiger partial charge in [0.1, 0.15) is 11.6 Å². The van der Waals surface area contributed by atoms with E-state index in [-0.39, 0.29) is 11.8 Å². The SMILES string of the molecule is CCC(NC)c1ccc(F)cc1O. The quantitative estimate of drug-likeness (QED) is 0.753. The standard InChI is InChI=1S/C10H14FNO/c1-3-9(12-2)8-5-4-7(11)6-10(8)13/h4-6,9,12-13H,3H2,1-2H3. The first-order valence-corrected chi connectivity index (χ1v) is 4.34. The van der Waals surface area contributed by atoms with Crippen LogP contribution in [0.3, 0.4) is 0 Å². The van der Waals surface area contributed by atoms with E-state index in [0.717, 1.165) is 18.1 Å². The Morgan fingerprint density at radius 3 is 2.69 bits per heavy atom. The maximum absolute atomic E-state index is 12.6. The van der Waals surface area contributed by atoms with Crippen LogP contribution in [0.1, 0.15) is 24.9 Å². The fourth-order valence-electron chi connectivity index (χ4n) is 1.39. The molecule has 0 aliphatic carbocycles. The fourth-order valence-corrected chi connectivity index (χ4v) is 1.39. The molecule has 0 radical (unpaired) electrons. The third-order valence-corrected chi connectivity index (χ3v) is 2.12. The van der Waals surface area contributed by atoms with Gasteiger partial charge in [-0.15, -0.1) is 0 Å². The number of hydrogen-bond donors (Lipinski definition) is 2. The predicted octanol–water partition coefficient (Wildman–Crippen LogP) is 2.20. The monoisotopic (exact) mass is 183 g/mol. The lowest BCUT2D eigenvalue weighted by molar-refractivity contribution is 0.445. The Bertz CT molecular complexity index is 284. The Hall–Kier alpha value is -1.09. The molecule has 0 fully saturated rings. The van der Waals surface area contributed by atoms with Crippen LogP contribution in [0.4, 0.5) is 4.39 Å². The molecular weight excluding hydrogens is 169 g/mol. The topological polar surface area (TPSA) is 32.3 Å². The molecule has 2 N–H and O–H groups in total. The van der Waals surface area contributed by atoms with E-state index in [4.69, 9.17) is 0 Å². The Labute approximate surface area is 77.4 Å². The molecule has 1 atom stereocenters. The fraction of sp³-hybridized carbons (Fsp3) is 0.400. The molecule has 1 aromatic carbocycles. The molecule has 72 valence electrons. The zero-order valence-corrected chi connectivity index (χ0v) is 7.84. The Morgan fingerprint density at radius 2 is 2.23 bits per heavy atom. The van der Waals surface area contributed by atoms with E-state index in [0.29, 0.717) is 0 Å². The van der Waals surface area contributed by atoms with Gasteiger partial charge in [-0.25, -0.2) is 4.39 Å². The van der Waals surface area contributed by atoms with Gasteiger partial charge in [-0.2, -0.15) is 0 Å². The molecule has 1 rings (SSSR count). The van der Waals surface area contributed by atoms with Gasteiger partial charge in [0, 0.05) is 17.7 Å². The largest absolute Gasteiger partial charge is 0.508 e. The Kier molecular flexibility index (Phi) is 3.25. The Morgan fingerprint density at radius 1 is 1.54 bits per heavy atom. The van der Waals surface area contributed by atoms with Crippen molar-refractivity contribution in [2.45, 2.75) is 19.4 Å². The summed E-state index contributed by atoms with van der Waals surface area (Å²) in [6.07, 6.45) is 0.857. The molecule has 0 amide bonds. The third-order valence-electron chi connectivity index (χ3n) is 2.12. The molecule has 1 unspecified atom stereocenters. The molecule has 0 aromatic heterocycles. The van der Waals surface area contributed by atoms with Gasteiger partial charge in [0.05, 0.1) is 0 Å². The highest BCUT2D eigenvalue weighted by Gasteiger charge is 2.11. The van der Waals surface area contributed by atoms with Crippen LogP contribution >= 0.6 is 0 Å². The van der Waals surface area contributed by atoms with Crippen molar-refractivity contribution >= 4 is 0 Å². The van der Waals surface area contributed by atoms with Gasteiger partial charge in [0.2, 0.25) is 0 Å². The first-order chi connectivity index (χ1) is 6.19. The van der Waals surface area contributed by atoms with Crippen LogP contribution in [-0.4, -0.2) is 12.2 Å². The maximum atomic E-state index is 12.6. The number of halogens is 1. The summed E-state index contributed by atoms with van der Waals surface area (Å²) in [6, 6.07) is 4.18. The van der Waals surface area contributed by atoms with Crippen LogP contribution in [0.5, 0.6) is 5.75 Å². The van der Waals surface area contributed by atoms with Crippen molar-refractivity contribution in [1.29, 1.82) is 0 Å². The van der Waals surface area contributed by atoms with Gasteiger partial charge in [-0.1, -0.05) is 13.0 Å². The lowest BCUT2D eigenvalue weighted by Gasteiger charge is -2.15. The van der Waals surface area contributed by atoms with Gasteiger partial charge in [0.15, 0.2) is 0 Å². The number of phenols is 1. The molecule has 0 aliphatic heterocycles. The molecule has 3 heteroatoms. The summed E-state index contributed by atoms with van der Waals surface area (Å²) in [4.78, 5) is 0. The van der Waals surface area contributed by atoms with Crippen molar-refractivity contribution in [1.82, 2.24) is 5.32 Å². The highest BCUT2D eigenvalue weighted by Crippen LogP contribution is 2.26. The lowest BCUT2D eigenvalue weighted by atomic mass is 10.0. The van der Waals surface area contributed by atoms with E-state index < -0.39 is 5.82 Å². The second kappa shape index (κ2) is 4.23. The minimum atomic E-state index is -0.410. The van der Waals surface area contributed by atoms with Crippen LogP contribution in [-0.2, 0) is 0 Å². The number of phenolic OH excluding ortho intramolecular Hbond substituents is 1. The molecular formula is C10H14FNO. The highest BCUT2D eigenvalue weighted by atomic mass is 19.1. The molecule has 0 heterocycles. The van der Waals surface area contributed by atoms with Crippen molar-refractivity contribution in [2.75, 3.05) is 7.05 Å². The molecule has 2 nitrogen and oxygen atoms in total. The van der Waals surface area contributed by atoms with Crippen molar-refractivity contribution < 1.29 is 9.50 Å². The zero-order chi connectivity index (χ0) is 9.84. The van der Waals surface area contributed by atoms with Crippen LogP contribution in [0.15, 0.2) is 18.2 Å². The van der Waals surface area contributed by atoms with E-state index >= 15 is 0 Å². The molecule has 0 saturated heterocycles. The van der Waals surface area contributed by atoms with E-state index in [9.17, 15) is 9.50 Å². The van der Waals surface area contributed by atoms with Crippen LogP contribution in [0.2, 0.25) is 0 Å². The summed E-state index contributed by atoms with van der Waals surface area (Å²) < 4.78 is 12.6. The van der Waals surface area contributed by atoms with Crippen molar-refractivity contribution in [3.05, 3.63) is 29.6 Å². The smallest absolute Gasteiger partial charge is 0.126 e. The van der Waals surface area contributed by atoms with Crippen LogP contribution < -0.4 is 5.32 Å². The summed E-state index contributed by atoms with van der Waals surface area (Å²) in [5, 5.41) is 12.5.